The van der Waals surface area contributed by atoms with Crippen molar-refractivity contribution in [1.29, 1.82) is 0 Å². The van der Waals surface area contributed by atoms with Crippen molar-refractivity contribution >= 4 is 0 Å². The van der Waals surface area contributed by atoms with E-state index in [0.717, 1.165) is 37.3 Å². The molecule has 0 unspecified atom stereocenters. The number of aromatic nitrogens is 4. The molecular weight excluding hydrogens is 254 g/mol. The zero-order chi connectivity index (χ0) is 13.9. The molecule has 0 bridgehead atoms. The van der Waals surface area contributed by atoms with Crippen molar-refractivity contribution in [3.05, 3.63) is 29.1 Å². The summed E-state index contributed by atoms with van der Waals surface area (Å²) in [5, 5.41) is 11.4. The lowest BCUT2D eigenvalue weighted by Crippen LogP contribution is -2.05. The number of methoxy groups -OCH3 is 1. The van der Waals surface area contributed by atoms with Gasteiger partial charge in [0.1, 0.15) is 5.69 Å². The summed E-state index contributed by atoms with van der Waals surface area (Å²) in [6, 6.07) is 3.61. The topological polar surface area (TPSA) is 72.8 Å². The van der Waals surface area contributed by atoms with E-state index < -0.39 is 0 Å². The van der Waals surface area contributed by atoms with Gasteiger partial charge in [0.2, 0.25) is 5.88 Å². The lowest BCUT2D eigenvalue weighted by molar-refractivity contribution is 0.392. The molecule has 0 amide bonds. The highest BCUT2D eigenvalue weighted by Gasteiger charge is 2.19. The van der Waals surface area contributed by atoms with Crippen LogP contribution in [0.2, 0.25) is 0 Å². The third-order valence-electron chi connectivity index (χ3n) is 3.34. The van der Waals surface area contributed by atoms with E-state index >= 15 is 0 Å². The van der Waals surface area contributed by atoms with Crippen LogP contribution in [-0.2, 0) is 19.5 Å². The number of rotatable bonds is 4. The summed E-state index contributed by atoms with van der Waals surface area (Å²) in [5.74, 6) is 1.14. The largest absolute Gasteiger partial charge is 0.480 e. The van der Waals surface area contributed by atoms with Crippen molar-refractivity contribution in [1.82, 2.24) is 25.5 Å². The first-order chi connectivity index (χ1) is 9.81. The zero-order valence-corrected chi connectivity index (χ0v) is 11.7. The minimum Gasteiger partial charge on any atom is -0.480 e. The quantitative estimate of drug-likeness (QED) is 0.908. The van der Waals surface area contributed by atoms with Crippen molar-refractivity contribution in [2.45, 2.75) is 32.9 Å². The Morgan fingerprint density at radius 1 is 1.20 bits per heavy atom. The van der Waals surface area contributed by atoms with Crippen LogP contribution in [0.15, 0.2) is 12.1 Å². The molecule has 2 aromatic rings. The van der Waals surface area contributed by atoms with Crippen molar-refractivity contribution < 1.29 is 4.74 Å². The van der Waals surface area contributed by atoms with Gasteiger partial charge >= 0.3 is 0 Å². The smallest absolute Gasteiger partial charge is 0.233 e. The first kappa shape index (κ1) is 12.9. The monoisotopic (exact) mass is 271 g/mol. The summed E-state index contributed by atoms with van der Waals surface area (Å²) in [6.45, 7) is 3.81. The van der Waals surface area contributed by atoms with Crippen molar-refractivity contribution in [2.75, 3.05) is 7.11 Å². The molecular formula is C14H17N5O. The normalized spacial score (nSPS) is 13.3. The lowest BCUT2D eigenvalue weighted by Gasteiger charge is -2.08. The molecule has 0 atom stereocenters. The summed E-state index contributed by atoms with van der Waals surface area (Å²) >= 11 is 0. The summed E-state index contributed by atoms with van der Waals surface area (Å²) in [4.78, 5) is 9.27. The molecule has 1 N–H and O–H groups in total. The highest BCUT2D eigenvalue weighted by Crippen LogP contribution is 2.22. The number of aryl methyl sites for hydroxylation is 1. The Balaban J connectivity index is 2.02. The highest BCUT2D eigenvalue weighted by molar-refractivity contribution is 5.50. The minimum absolute atomic E-state index is 0.491. The Morgan fingerprint density at radius 3 is 2.80 bits per heavy atom. The number of ether oxygens (including phenoxy) is 1. The van der Waals surface area contributed by atoms with Crippen LogP contribution in [0.4, 0.5) is 0 Å². The molecule has 0 aromatic carbocycles. The van der Waals surface area contributed by atoms with E-state index in [1.807, 2.05) is 6.07 Å². The van der Waals surface area contributed by atoms with Crippen molar-refractivity contribution in [2.24, 2.45) is 0 Å². The first-order valence-electron chi connectivity index (χ1n) is 6.79. The molecule has 3 rings (SSSR count). The second-order valence-electron chi connectivity index (χ2n) is 4.73. The Hall–Kier alpha value is -2.08. The van der Waals surface area contributed by atoms with Crippen LogP contribution in [0.25, 0.3) is 11.5 Å². The summed E-state index contributed by atoms with van der Waals surface area (Å²) in [5.41, 5.74) is 4.13. The van der Waals surface area contributed by atoms with Gasteiger partial charge in [0.05, 0.1) is 12.8 Å². The molecule has 3 heterocycles. The predicted molar refractivity (Wildman–Crippen MR) is 74.1 cm³/mol. The van der Waals surface area contributed by atoms with Crippen molar-refractivity contribution in [3.63, 3.8) is 0 Å². The standard InChI is InChI=1S/C14H17N5O/c1-3-4-10-9-7-15-8-12(9)17-14(16-10)11-5-6-13(20-2)19-18-11/h5-6,15H,3-4,7-8H2,1-2H3. The van der Waals surface area contributed by atoms with Crippen LogP contribution < -0.4 is 10.1 Å². The summed E-state index contributed by atoms with van der Waals surface area (Å²) in [7, 11) is 1.57. The predicted octanol–water partition coefficient (Wildman–Crippen LogP) is 1.50. The van der Waals surface area contributed by atoms with E-state index in [9.17, 15) is 0 Å². The van der Waals surface area contributed by atoms with E-state index in [0.29, 0.717) is 17.4 Å². The zero-order valence-electron chi connectivity index (χ0n) is 11.7. The average Bonchev–Trinajstić information content (AvgIpc) is 2.96. The number of hydrogen-bond acceptors (Lipinski definition) is 6. The SMILES string of the molecule is CCCc1nc(-c2ccc(OC)nn2)nc2c1CNC2. The van der Waals surface area contributed by atoms with Crippen LogP contribution in [0.1, 0.15) is 30.3 Å². The fourth-order valence-electron chi connectivity index (χ4n) is 2.34. The molecule has 0 saturated heterocycles. The third kappa shape index (κ3) is 2.34. The van der Waals surface area contributed by atoms with E-state index in [4.69, 9.17) is 4.74 Å². The second-order valence-corrected chi connectivity index (χ2v) is 4.73. The van der Waals surface area contributed by atoms with Gasteiger partial charge in [-0.2, -0.15) is 0 Å². The lowest BCUT2D eigenvalue weighted by atomic mass is 10.1. The minimum atomic E-state index is 0.491. The molecule has 6 heteroatoms. The number of nitrogens with one attached hydrogen (secondary N) is 1. The van der Waals surface area contributed by atoms with Crippen LogP contribution in [-0.4, -0.2) is 27.3 Å². The molecule has 0 fully saturated rings. The van der Waals surface area contributed by atoms with Gasteiger partial charge in [-0.15, -0.1) is 10.2 Å². The molecule has 0 radical (unpaired) electrons. The number of fused-ring (bicyclic) bond motifs is 1. The van der Waals surface area contributed by atoms with Gasteiger partial charge in [-0.3, -0.25) is 0 Å². The van der Waals surface area contributed by atoms with Crippen LogP contribution >= 0.6 is 0 Å². The molecule has 6 nitrogen and oxygen atoms in total. The van der Waals surface area contributed by atoms with E-state index in [-0.39, 0.29) is 0 Å². The summed E-state index contributed by atoms with van der Waals surface area (Å²) < 4.78 is 5.02. The Morgan fingerprint density at radius 2 is 2.10 bits per heavy atom. The molecule has 0 spiro atoms. The Labute approximate surface area is 117 Å². The van der Waals surface area contributed by atoms with Gasteiger partial charge in [-0.25, -0.2) is 9.97 Å². The highest BCUT2D eigenvalue weighted by atomic mass is 16.5. The van der Waals surface area contributed by atoms with Gasteiger partial charge in [0, 0.05) is 30.4 Å². The fourth-order valence-corrected chi connectivity index (χ4v) is 2.34. The maximum absolute atomic E-state index is 5.02. The Bertz CT molecular complexity index is 612. The van der Waals surface area contributed by atoms with Gasteiger partial charge in [0.25, 0.3) is 0 Å². The van der Waals surface area contributed by atoms with E-state index in [1.54, 1.807) is 13.2 Å². The maximum Gasteiger partial charge on any atom is 0.233 e. The maximum atomic E-state index is 5.02. The molecule has 1 aliphatic rings. The van der Waals surface area contributed by atoms with Crippen molar-refractivity contribution in [3.8, 4) is 17.4 Å². The van der Waals surface area contributed by atoms with Crippen LogP contribution in [0.5, 0.6) is 5.88 Å². The van der Waals surface area contributed by atoms with Gasteiger partial charge in [-0.05, 0) is 12.5 Å². The first-order valence-corrected chi connectivity index (χ1v) is 6.79. The summed E-state index contributed by atoms with van der Waals surface area (Å²) in [6.07, 6.45) is 2.03. The third-order valence-corrected chi connectivity index (χ3v) is 3.34. The van der Waals surface area contributed by atoms with Crippen LogP contribution in [0.3, 0.4) is 0 Å². The average molecular weight is 271 g/mol. The van der Waals surface area contributed by atoms with Crippen LogP contribution in [0, 0.1) is 0 Å². The van der Waals surface area contributed by atoms with E-state index in [1.165, 1.54) is 5.56 Å². The number of hydrogen-bond donors (Lipinski definition) is 1. The van der Waals surface area contributed by atoms with Gasteiger partial charge in [0.15, 0.2) is 5.82 Å². The van der Waals surface area contributed by atoms with Gasteiger partial charge < -0.3 is 10.1 Å². The molecule has 0 aliphatic carbocycles. The molecule has 104 valence electrons. The molecule has 0 saturated carbocycles. The molecule has 20 heavy (non-hydrogen) atoms. The second kappa shape index (κ2) is 5.50. The Kier molecular flexibility index (Phi) is 3.56. The number of nitrogens with zero attached hydrogens (tertiary/aromatic N) is 4. The van der Waals surface area contributed by atoms with E-state index in [2.05, 4.69) is 32.4 Å². The molecule has 2 aromatic heterocycles. The molecule has 1 aliphatic heterocycles. The fraction of sp³-hybridized carbons (Fsp3) is 0.429. The van der Waals surface area contributed by atoms with Gasteiger partial charge in [-0.1, -0.05) is 13.3 Å².